The minimum Gasteiger partial charge on any atom is -0.458 e. The van der Waals surface area contributed by atoms with E-state index in [2.05, 4.69) is 36.3 Å². The van der Waals surface area contributed by atoms with Gasteiger partial charge in [-0.3, -0.25) is 67.0 Å². The highest BCUT2D eigenvalue weighted by atomic mass is 32.1. The van der Waals surface area contributed by atoms with E-state index in [-0.39, 0.29) is 54.2 Å². The van der Waals surface area contributed by atoms with Crippen molar-refractivity contribution < 1.29 is 129 Å². The summed E-state index contributed by atoms with van der Waals surface area (Å²) in [6.45, 7) is 12.9. The second-order valence-corrected chi connectivity index (χ2v) is 26.9. The number of hydrogen-bond donors (Lipinski definition) is 16. The van der Waals surface area contributed by atoms with Crippen LogP contribution in [0, 0.1) is 58.8 Å². The topological polar surface area (TPSA) is 554 Å². The lowest BCUT2D eigenvalue weighted by molar-refractivity contribution is -0.219. The summed E-state index contributed by atoms with van der Waals surface area (Å²) in [4.78, 5) is 102. The number of H-pyrrole nitrogens is 3. The van der Waals surface area contributed by atoms with Crippen molar-refractivity contribution in [2.24, 2.45) is 46.6 Å². The number of aromatic nitrogens is 6. The van der Waals surface area contributed by atoms with Crippen LogP contribution in [0.1, 0.15) is 106 Å². The number of ether oxygens (including phenoxy) is 8. The van der Waals surface area contributed by atoms with E-state index < -0.39 is 206 Å². The first-order valence-electron chi connectivity index (χ1n) is 34.3. The molecule has 0 unspecified atom stereocenters. The average Bonchev–Trinajstić information content (AvgIpc) is 1.57. The molecule has 5 aliphatic heterocycles. The molecule has 0 spiro atoms. The Balaban J connectivity index is 0.000000263. The number of amides is 1. The third-order valence-corrected chi connectivity index (χ3v) is 17.1. The fourth-order valence-electron chi connectivity index (χ4n) is 9.04. The molecule has 43 heteroatoms. The highest BCUT2D eigenvalue weighted by Crippen LogP contribution is 2.42. The van der Waals surface area contributed by atoms with Crippen LogP contribution in [-0.4, -0.2) is 233 Å². The molecule has 8 heterocycles. The Morgan fingerprint density at radius 1 is 0.519 bits per heavy atom. The molecule has 1 amide bonds. The SMILES string of the molecule is Cc1cn([C@@H]2O[C@](F)(COC(=O)[C@@H](N)C(C)C)[C@@H](O)[C@H]2O)c(=S)[nH]c1=O.[2H]C([2H])(OC(=O)[C@@H](N)C(C)C)[C@@]1(F)O[C@@H](n2cc(C)c(=O)[nH]c2=S)[C@H](O)[C@@H]1O.[2H]C([2H])(OC(=O)[C@@H](N)C(C)C)[C@@]1(F)O[C@@]([2H])(N2C=C(C)C(=O)NC2=C)[C@H](O)[C@@H]1O.[2H][C@@]1(n2cc(C)c(=O)[nH]c2=S)O[C@](F)(COC(=O)[C@@H](N)C(C)C)[C@@H](O)[C@H]1O. The molecule has 104 heavy (non-hydrogen) atoms. The smallest absolute Gasteiger partial charge is 0.323 e. The Hall–Kier alpha value is -6.99. The number of aryl methyl sites for hydroxylation is 3. The Bertz CT molecular complexity index is 4360. The molecule has 0 bridgehead atoms. The van der Waals surface area contributed by atoms with Gasteiger partial charge in [-0.05, 0) is 88.0 Å². The van der Waals surface area contributed by atoms with Crippen molar-refractivity contribution in [1.82, 2.24) is 38.9 Å². The number of esters is 4. The Kier molecular flexibility index (Phi) is 26.4. The molecule has 0 aromatic carbocycles. The molecule has 8 rings (SSSR count). The monoisotopic (exact) mass is 1550 g/mol. The fourth-order valence-corrected chi connectivity index (χ4v) is 9.77. The van der Waals surface area contributed by atoms with Crippen molar-refractivity contribution in [3.8, 4) is 0 Å². The summed E-state index contributed by atoms with van der Waals surface area (Å²) in [6, 6.07) is -4.52. The summed E-state index contributed by atoms with van der Waals surface area (Å²) in [5.74, 6) is -20.0. The zero-order valence-corrected chi connectivity index (χ0v) is 60.2. The molecule has 5 aliphatic rings. The normalized spacial score (nSPS) is 33.2. The predicted molar refractivity (Wildman–Crippen MR) is 358 cm³/mol. The number of carbonyl (C=O) groups is 5. The number of aromatic amines is 3. The lowest BCUT2D eigenvalue weighted by Gasteiger charge is -2.34. The van der Waals surface area contributed by atoms with E-state index in [1.165, 1.54) is 33.9 Å². The number of nitrogens with one attached hydrogen (secondary N) is 4. The number of halogens is 4. The summed E-state index contributed by atoms with van der Waals surface area (Å²) >= 11 is 14.9. The molecule has 0 saturated carbocycles. The van der Waals surface area contributed by atoms with E-state index in [0.717, 1.165) is 37.2 Å². The van der Waals surface area contributed by atoms with Gasteiger partial charge in [-0.25, -0.2) is 17.6 Å². The van der Waals surface area contributed by atoms with Crippen LogP contribution >= 0.6 is 36.7 Å². The molecule has 20 atom stereocenters. The summed E-state index contributed by atoms with van der Waals surface area (Å²) in [5.41, 5.74) is 21.4. The average molecular weight is 1550 g/mol. The summed E-state index contributed by atoms with van der Waals surface area (Å²) in [6.07, 6.45) is -21.5. The first-order valence-corrected chi connectivity index (χ1v) is 32.6. The number of aliphatic hydroxyl groups is 8. The van der Waals surface area contributed by atoms with Gasteiger partial charge in [0.15, 0.2) is 65.5 Å². The Labute approximate surface area is 613 Å². The van der Waals surface area contributed by atoms with Gasteiger partial charge >= 0.3 is 23.9 Å². The number of alkyl halides is 4. The summed E-state index contributed by atoms with van der Waals surface area (Å²) < 4.78 is 149. The van der Waals surface area contributed by atoms with Crippen molar-refractivity contribution >= 4 is 66.4 Å². The van der Waals surface area contributed by atoms with Crippen LogP contribution in [0.25, 0.3) is 0 Å². The molecule has 3 aromatic rings. The van der Waals surface area contributed by atoms with Crippen molar-refractivity contribution in [2.75, 3.05) is 26.3 Å². The third kappa shape index (κ3) is 20.0. The van der Waals surface area contributed by atoms with E-state index >= 15 is 13.2 Å². The number of nitrogens with two attached hydrogens (primary N) is 4. The van der Waals surface area contributed by atoms with Gasteiger partial charge in [0, 0.05) is 47.1 Å². The minimum absolute atomic E-state index is 0.0445. The largest absolute Gasteiger partial charge is 0.458 e. The minimum atomic E-state index is -3.84. The quantitative estimate of drug-likeness (QED) is 0.0253. The zero-order chi connectivity index (χ0) is 84.7. The van der Waals surface area contributed by atoms with Crippen LogP contribution in [0.3, 0.4) is 0 Å². The van der Waals surface area contributed by atoms with Crippen LogP contribution in [0.4, 0.5) is 17.6 Å². The van der Waals surface area contributed by atoms with Crippen LogP contribution < -0.4 is 44.9 Å². The van der Waals surface area contributed by atoms with E-state index in [1.807, 2.05) is 0 Å². The van der Waals surface area contributed by atoms with Gasteiger partial charge in [-0.15, -0.1) is 0 Å². The van der Waals surface area contributed by atoms with E-state index in [1.54, 1.807) is 55.4 Å². The van der Waals surface area contributed by atoms with Crippen LogP contribution in [0.2, 0.25) is 0 Å². The standard InChI is InChI=1S/C16H24FN3O6.3C15H22FN3O6S/c1-7(2)10(18)15(24)25-6-16(17)12(22)11(21)14(26-16)20-5-8(3)13(23)19-9(20)4;3*1-6(2)8(17)13(23)24-5-15(16)10(21)9(20)12(25-15)19-4-7(3)11(22)18-14(19)26/h5,7,10-12,14,21-22H,4,6,18H2,1-3H3,(H,19,23);3*4,6,8-10,12,20-21H,5,17H2,1-3H3,(H,18,22,26)/t10-,11+,12-,14+,16+;3*8-,9+,10-,12+,15+/m0000/s1/i6D2,14D;12D;5D2;. The predicted octanol–water partition coefficient (Wildman–Crippen LogP) is -1.96. The van der Waals surface area contributed by atoms with E-state index in [9.17, 15) is 83.6 Å². The van der Waals surface area contributed by atoms with Gasteiger partial charge in [0.2, 0.25) is 0 Å². The molecule has 584 valence electrons. The first kappa shape index (κ1) is 78.1. The van der Waals surface area contributed by atoms with Crippen molar-refractivity contribution in [1.29, 1.82) is 0 Å². The Morgan fingerprint density at radius 2 is 0.808 bits per heavy atom. The van der Waals surface area contributed by atoms with E-state index in [4.69, 9.17) is 96.2 Å². The number of hydrogen-bond acceptors (Lipinski definition) is 32. The molecular formula is C61H90F4N12O24S3. The van der Waals surface area contributed by atoms with Crippen molar-refractivity contribution in [3.05, 3.63) is 105 Å². The molecule has 36 nitrogen and oxygen atoms in total. The number of nitrogens with zero attached hydrogens (tertiary/aromatic N) is 4. The summed E-state index contributed by atoms with van der Waals surface area (Å²) in [5, 5.41) is 83.6. The van der Waals surface area contributed by atoms with Gasteiger partial charge in [-0.2, -0.15) is 0 Å². The van der Waals surface area contributed by atoms with Gasteiger partial charge < -0.3 is 112 Å². The van der Waals surface area contributed by atoms with Crippen LogP contribution in [0.15, 0.2) is 57.1 Å². The first-order chi connectivity index (χ1) is 50.1. The second kappa shape index (κ2) is 35.2. The highest BCUT2D eigenvalue weighted by molar-refractivity contribution is 7.71. The molecular weight excluding hydrogens is 1460 g/mol. The molecule has 20 N–H and O–H groups in total. The van der Waals surface area contributed by atoms with Gasteiger partial charge in [-0.1, -0.05) is 62.0 Å². The highest BCUT2D eigenvalue weighted by Gasteiger charge is 2.61. The maximum absolute atomic E-state index is 15.5. The molecule has 4 saturated heterocycles. The summed E-state index contributed by atoms with van der Waals surface area (Å²) in [7, 11) is 0. The van der Waals surface area contributed by atoms with Crippen LogP contribution in [0.5, 0.6) is 0 Å². The number of carbonyl (C=O) groups excluding carboxylic acids is 5. The van der Waals surface area contributed by atoms with Gasteiger partial charge in [0.25, 0.3) is 46.0 Å². The molecule has 0 radical (unpaired) electrons. The lowest BCUT2D eigenvalue weighted by atomic mass is 10.1. The maximum atomic E-state index is 15.5. The lowest BCUT2D eigenvalue weighted by Crippen LogP contribution is -2.47. The number of aliphatic hydroxyl groups excluding tert-OH is 8. The fraction of sp³-hybridized carbons (Fsp3) is 0.656. The molecule has 0 aliphatic carbocycles. The van der Waals surface area contributed by atoms with Crippen molar-refractivity contribution in [2.45, 2.75) is 204 Å². The van der Waals surface area contributed by atoms with Gasteiger partial charge in [0.05, 0.1) is 8.22 Å². The number of rotatable bonds is 20. The van der Waals surface area contributed by atoms with Crippen molar-refractivity contribution in [3.63, 3.8) is 0 Å². The zero-order valence-electron chi connectivity index (χ0n) is 63.8. The maximum Gasteiger partial charge on any atom is 0.323 e. The molecule has 4 fully saturated rings. The third-order valence-electron chi connectivity index (χ3n) is 16.1. The second-order valence-electron chi connectivity index (χ2n) is 25.7. The Morgan fingerprint density at radius 3 is 1.19 bits per heavy atom. The van der Waals surface area contributed by atoms with Crippen LogP contribution in [-0.2, 0) is 61.9 Å². The van der Waals surface area contributed by atoms with Gasteiger partial charge in [0.1, 0.15) is 78.8 Å². The van der Waals surface area contributed by atoms with E-state index in [0.29, 0.717) is 0 Å². The molecule has 3 aromatic heterocycles.